The molecule has 0 heterocycles. The number of amides is 1. The van der Waals surface area contributed by atoms with Crippen LogP contribution >= 0.6 is 11.6 Å². The van der Waals surface area contributed by atoms with Crippen LogP contribution in [0.4, 0.5) is 0 Å². The molecule has 19 heavy (non-hydrogen) atoms. The van der Waals surface area contributed by atoms with E-state index in [-0.39, 0.29) is 16.9 Å². The Labute approximate surface area is 121 Å². The Hall–Kier alpha value is -1.02. The lowest BCUT2D eigenvalue weighted by atomic mass is 9.81. The smallest absolute Gasteiger partial charge is 0.243 e. The van der Waals surface area contributed by atoms with E-state index < -0.39 is 5.38 Å². The SMILES string of the molecule is CC(C)(C)CC(C)(C)NC(=O)C(Cl)c1ccccc1. The average molecular weight is 282 g/mol. The molecule has 0 aromatic heterocycles. The molecule has 1 N–H and O–H groups in total. The van der Waals surface area contributed by atoms with E-state index in [1.165, 1.54) is 0 Å². The predicted molar refractivity (Wildman–Crippen MR) is 81.3 cm³/mol. The second-order valence-corrected chi connectivity index (χ2v) is 7.32. The van der Waals surface area contributed by atoms with Gasteiger partial charge in [-0.15, -0.1) is 11.6 Å². The second kappa shape index (κ2) is 5.96. The Morgan fingerprint density at radius 2 is 1.68 bits per heavy atom. The zero-order valence-corrected chi connectivity index (χ0v) is 13.2. The molecule has 1 rings (SSSR count). The van der Waals surface area contributed by atoms with Crippen LogP contribution in [-0.4, -0.2) is 11.4 Å². The molecule has 2 nitrogen and oxygen atoms in total. The van der Waals surface area contributed by atoms with Crippen molar-refractivity contribution in [2.75, 3.05) is 0 Å². The van der Waals surface area contributed by atoms with E-state index in [9.17, 15) is 4.79 Å². The van der Waals surface area contributed by atoms with Crippen LogP contribution in [0.15, 0.2) is 30.3 Å². The van der Waals surface area contributed by atoms with Crippen molar-refractivity contribution in [1.29, 1.82) is 0 Å². The highest BCUT2D eigenvalue weighted by Crippen LogP contribution is 2.28. The molecule has 0 aliphatic carbocycles. The van der Waals surface area contributed by atoms with Gasteiger partial charge in [-0.3, -0.25) is 4.79 Å². The van der Waals surface area contributed by atoms with Gasteiger partial charge in [-0.25, -0.2) is 0 Å². The minimum absolute atomic E-state index is 0.137. The van der Waals surface area contributed by atoms with Crippen LogP contribution in [0.25, 0.3) is 0 Å². The monoisotopic (exact) mass is 281 g/mol. The van der Waals surface area contributed by atoms with E-state index in [0.29, 0.717) is 0 Å². The Bertz CT molecular complexity index is 420. The molecule has 106 valence electrons. The van der Waals surface area contributed by atoms with Gasteiger partial charge >= 0.3 is 0 Å². The molecule has 3 heteroatoms. The van der Waals surface area contributed by atoms with Gasteiger partial charge in [-0.1, -0.05) is 51.1 Å². The fraction of sp³-hybridized carbons (Fsp3) is 0.562. The number of carbonyl (C=O) groups excluding carboxylic acids is 1. The molecule has 0 saturated heterocycles. The molecule has 1 amide bonds. The van der Waals surface area contributed by atoms with Gasteiger partial charge in [0.2, 0.25) is 5.91 Å². The topological polar surface area (TPSA) is 29.1 Å². The van der Waals surface area contributed by atoms with Gasteiger partial charge in [0, 0.05) is 5.54 Å². The molecule has 0 aliphatic rings. The Morgan fingerprint density at radius 1 is 1.16 bits per heavy atom. The summed E-state index contributed by atoms with van der Waals surface area (Å²) in [7, 11) is 0. The quantitative estimate of drug-likeness (QED) is 0.819. The Balaban J connectivity index is 2.69. The molecule has 1 unspecified atom stereocenters. The number of nitrogens with one attached hydrogen (secondary N) is 1. The van der Waals surface area contributed by atoms with Crippen molar-refractivity contribution in [3.63, 3.8) is 0 Å². The minimum atomic E-state index is -0.638. The highest BCUT2D eigenvalue weighted by Gasteiger charge is 2.29. The molecular weight excluding hydrogens is 258 g/mol. The Morgan fingerprint density at radius 3 is 2.16 bits per heavy atom. The highest BCUT2D eigenvalue weighted by molar-refractivity contribution is 6.30. The van der Waals surface area contributed by atoms with Crippen LogP contribution in [0.3, 0.4) is 0 Å². The van der Waals surface area contributed by atoms with Crippen molar-refractivity contribution < 1.29 is 4.79 Å². The normalized spacial score (nSPS) is 14.0. The lowest BCUT2D eigenvalue weighted by molar-refractivity contribution is -0.122. The maximum Gasteiger partial charge on any atom is 0.243 e. The highest BCUT2D eigenvalue weighted by atomic mass is 35.5. The number of hydrogen-bond acceptors (Lipinski definition) is 1. The third-order valence-electron chi connectivity index (χ3n) is 2.76. The van der Waals surface area contributed by atoms with Crippen LogP contribution in [0.2, 0.25) is 0 Å². The molecule has 1 aromatic rings. The first-order valence-electron chi connectivity index (χ1n) is 6.62. The third kappa shape index (κ3) is 5.65. The van der Waals surface area contributed by atoms with Crippen LogP contribution in [0, 0.1) is 5.41 Å². The number of halogens is 1. The summed E-state index contributed by atoms with van der Waals surface area (Å²) in [4.78, 5) is 12.2. The molecule has 0 radical (unpaired) electrons. The fourth-order valence-corrected chi connectivity index (χ4v) is 2.74. The first kappa shape index (κ1) is 16.0. The van der Waals surface area contributed by atoms with E-state index in [1.54, 1.807) is 0 Å². The first-order valence-corrected chi connectivity index (χ1v) is 7.05. The summed E-state index contributed by atoms with van der Waals surface area (Å²) in [6.07, 6.45) is 0.893. The summed E-state index contributed by atoms with van der Waals surface area (Å²) in [5.74, 6) is -0.137. The lowest BCUT2D eigenvalue weighted by Crippen LogP contribution is -2.46. The molecular formula is C16H24ClNO. The maximum atomic E-state index is 12.2. The second-order valence-electron chi connectivity index (χ2n) is 6.88. The van der Waals surface area contributed by atoms with Gasteiger partial charge in [-0.05, 0) is 31.2 Å². The summed E-state index contributed by atoms with van der Waals surface area (Å²) in [6.45, 7) is 10.6. The van der Waals surface area contributed by atoms with Crippen molar-refractivity contribution >= 4 is 17.5 Å². The zero-order valence-electron chi connectivity index (χ0n) is 12.5. The summed E-state index contributed by atoms with van der Waals surface area (Å²) in [6, 6.07) is 9.42. The number of alkyl halides is 1. The van der Waals surface area contributed by atoms with E-state index >= 15 is 0 Å². The van der Waals surface area contributed by atoms with E-state index in [4.69, 9.17) is 11.6 Å². The molecule has 0 bridgehead atoms. The van der Waals surface area contributed by atoms with Crippen molar-refractivity contribution in [3.8, 4) is 0 Å². The number of rotatable bonds is 4. The van der Waals surface area contributed by atoms with Gasteiger partial charge in [0.05, 0.1) is 0 Å². The van der Waals surface area contributed by atoms with E-state index in [0.717, 1.165) is 12.0 Å². The van der Waals surface area contributed by atoms with Gasteiger partial charge in [0.15, 0.2) is 0 Å². The fourth-order valence-electron chi connectivity index (χ4n) is 2.54. The average Bonchev–Trinajstić information content (AvgIpc) is 2.25. The summed E-state index contributed by atoms with van der Waals surface area (Å²) in [5, 5.41) is 2.40. The number of benzene rings is 1. The number of carbonyl (C=O) groups is 1. The Kier molecular flexibility index (Phi) is 5.03. The molecule has 0 spiro atoms. The van der Waals surface area contributed by atoms with Crippen LogP contribution in [-0.2, 0) is 4.79 Å². The minimum Gasteiger partial charge on any atom is -0.350 e. The zero-order chi connectivity index (χ0) is 14.7. The van der Waals surface area contributed by atoms with Gasteiger partial charge in [0.25, 0.3) is 0 Å². The lowest BCUT2D eigenvalue weighted by Gasteiger charge is -2.34. The summed E-state index contributed by atoms with van der Waals surface area (Å²) >= 11 is 6.22. The standard InChI is InChI=1S/C16H24ClNO/c1-15(2,3)11-16(4,5)18-14(19)13(17)12-9-7-6-8-10-12/h6-10,13H,11H2,1-5H3,(H,18,19). The summed E-state index contributed by atoms with van der Waals surface area (Å²) in [5.41, 5.74) is 0.719. The molecule has 1 atom stereocenters. The number of hydrogen-bond donors (Lipinski definition) is 1. The van der Waals surface area contributed by atoms with Crippen molar-refractivity contribution in [3.05, 3.63) is 35.9 Å². The van der Waals surface area contributed by atoms with E-state index in [1.807, 2.05) is 44.2 Å². The molecule has 0 fully saturated rings. The molecule has 0 aliphatic heterocycles. The van der Waals surface area contributed by atoms with Crippen molar-refractivity contribution in [2.24, 2.45) is 5.41 Å². The van der Waals surface area contributed by atoms with Crippen molar-refractivity contribution in [1.82, 2.24) is 5.32 Å². The van der Waals surface area contributed by atoms with Gasteiger partial charge in [-0.2, -0.15) is 0 Å². The first-order chi connectivity index (χ1) is 8.61. The summed E-state index contributed by atoms with van der Waals surface area (Å²) < 4.78 is 0. The van der Waals surface area contributed by atoms with Crippen LogP contribution in [0.1, 0.15) is 52.0 Å². The predicted octanol–water partition coefficient (Wildman–Crippen LogP) is 4.30. The maximum absolute atomic E-state index is 12.2. The third-order valence-corrected chi connectivity index (χ3v) is 3.21. The van der Waals surface area contributed by atoms with Gasteiger partial charge < -0.3 is 5.32 Å². The van der Waals surface area contributed by atoms with Crippen LogP contribution < -0.4 is 5.32 Å². The van der Waals surface area contributed by atoms with Crippen molar-refractivity contribution in [2.45, 2.75) is 52.0 Å². The molecule has 1 aromatic carbocycles. The van der Waals surface area contributed by atoms with Crippen LogP contribution in [0.5, 0.6) is 0 Å². The largest absolute Gasteiger partial charge is 0.350 e. The molecule has 0 saturated carbocycles. The van der Waals surface area contributed by atoms with E-state index in [2.05, 4.69) is 26.1 Å². The van der Waals surface area contributed by atoms with Gasteiger partial charge in [0.1, 0.15) is 5.38 Å².